The molecule has 1 N–H and O–H groups in total. The van der Waals surface area contributed by atoms with Gasteiger partial charge in [0.1, 0.15) is 6.04 Å². The van der Waals surface area contributed by atoms with Gasteiger partial charge in [-0.05, 0) is 18.6 Å². The summed E-state index contributed by atoms with van der Waals surface area (Å²) in [6.07, 6.45) is 2.41. The lowest BCUT2D eigenvalue weighted by Gasteiger charge is -2.23. The summed E-state index contributed by atoms with van der Waals surface area (Å²) >= 11 is 1.62. The van der Waals surface area contributed by atoms with Crippen LogP contribution in [0.1, 0.15) is 15.4 Å². The molecule has 0 spiro atoms. The van der Waals surface area contributed by atoms with E-state index in [1.54, 1.807) is 11.3 Å². The van der Waals surface area contributed by atoms with Crippen LogP contribution in [-0.4, -0.2) is 22.1 Å². The Morgan fingerprint density at radius 2 is 2.32 bits per heavy atom. The van der Waals surface area contributed by atoms with Crippen LogP contribution in [-0.2, 0) is 17.8 Å². The number of fused-ring (bicyclic) bond motifs is 1. The predicted octanol–water partition coefficient (Wildman–Crippen LogP) is 2.47. The molecule has 1 aromatic carbocycles. The Morgan fingerprint density at radius 1 is 1.53 bits per heavy atom. The first-order chi connectivity index (χ1) is 9.15. The standard InChI is InChI=1S/C14H14N2O2S/c1-9-15-7-11(19-9)8-16-12-5-3-2-4-10(12)6-13(16)14(17)18/h2-5,7,13H,6,8H2,1H3,(H,17,18). The molecule has 2 heterocycles. The van der Waals surface area contributed by atoms with E-state index in [9.17, 15) is 9.90 Å². The Balaban J connectivity index is 1.93. The van der Waals surface area contributed by atoms with E-state index < -0.39 is 12.0 Å². The first-order valence-corrected chi connectivity index (χ1v) is 6.95. The van der Waals surface area contributed by atoms with Gasteiger partial charge in [0.15, 0.2) is 0 Å². The Hall–Kier alpha value is -1.88. The van der Waals surface area contributed by atoms with E-state index >= 15 is 0 Å². The van der Waals surface area contributed by atoms with E-state index in [4.69, 9.17) is 0 Å². The van der Waals surface area contributed by atoms with Crippen molar-refractivity contribution in [3.8, 4) is 0 Å². The molecule has 1 atom stereocenters. The van der Waals surface area contributed by atoms with Crippen LogP contribution < -0.4 is 4.90 Å². The Labute approximate surface area is 115 Å². The lowest BCUT2D eigenvalue weighted by Crippen LogP contribution is -2.37. The fourth-order valence-electron chi connectivity index (χ4n) is 2.51. The highest BCUT2D eigenvalue weighted by Gasteiger charge is 2.34. The van der Waals surface area contributed by atoms with E-state index in [2.05, 4.69) is 4.98 Å². The molecule has 3 rings (SSSR count). The van der Waals surface area contributed by atoms with Crippen LogP contribution >= 0.6 is 11.3 Å². The molecule has 0 saturated heterocycles. The summed E-state index contributed by atoms with van der Waals surface area (Å²) in [4.78, 5) is 18.7. The first kappa shape index (κ1) is 12.2. The number of hydrogen-bond acceptors (Lipinski definition) is 4. The molecule has 1 aliphatic heterocycles. The smallest absolute Gasteiger partial charge is 0.326 e. The number of aryl methyl sites for hydroxylation is 1. The molecule has 0 bridgehead atoms. The Morgan fingerprint density at radius 3 is 3.00 bits per heavy atom. The van der Waals surface area contributed by atoms with Crippen molar-refractivity contribution < 1.29 is 9.90 Å². The van der Waals surface area contributed by atoms with Gasteiger partial charge in [0, 0.05) is 23.2 Å². The van der Waals surface area contributed by atoms with Crippen LogP contribution in [0.3, 0.4) is 0 Å². The Bertz CT molecular complexity index is 623. The lowest BCUT2D eigenvalue weighted by atomic mass is 10.1. The number of rotatable bonds is 3. The molecule has 1 aromatic heterocycles. The van der Waals surface area contributed by atoms with Gasteiger partial charge in [-0.1, -0.05) is 18.2 Å². The maximum Gasteiger partial charge on any atom is 0.326 e. The number of carbonyl (C=O) groups is 1. The topological polar surface area (TPSA) is 53.4 Å². The molecule has 1 unspecified atom stereocenters. The largest absolute Gasteiger partial charge is 0.480 e. The van der Waals surface area contributed by atoms with Crippen LogP contribution in [0.15, 0.2) is 30.5 Å². The van der Waals surface area contributed by atoms with E-state index in [0.29, 0.717) is 13.0 Å². The van der Waals surface area contributed by atoms with Gasteiger partial charge < -0.3 is 10.0 Å². The highest BCUT2D eigenvalue weighted by Crippen LogP contribution is 2.34. The maximum atomic E-state index is 11.4. The number of carboxylic acids is 1. The summed E-state index contributed by atoms with van der Waals surface area (Å²) in [6, 6.07) is 7.43. The van der Waals surface area contributed by atoms with Crippen molar-refractivity contribution >= 4 is 23.0 Å². The van der Waals surface area contributed by atoms with Crippen LogP contribution in [0.2, 0.25) is 0 Å². The minimum Gasteiger partial charge on any atom is -0.480 e. The molecule has 0 fully saturated rings. The van der Waals surface area contributed by atoms with E-state index in [1.165, 1.54) is 0 Å². The lowest BCUT2D eigenvalue weighted by molar-refractivity contribution is -0.138. The summed E-state index contributed by atoms with van der Waals surface area (Å²) < 4.78 is 0. The second kappa shape index (κ2) is 4.66. The quantitative estimate of drug-likeness (QED) is 0.934. The first-order valence-electron chi connectivity index (χ1n) is 6.14. The van der Waals surface area contributed by atoms with Crippen molar-refractivity contribution in [2.45, 2.75) is 25.9 Å². The summed E-state index contributed by atoms with van der Waals surface area (Å²) in [7, 11) is 0. The number of aliphatic carboxylic acids is 1. The highest BCUT2D eigenvalue weighted by molar-refractivity contribution is 7.11. The van der Waals surface area contributed by atoms with Crippen molar-refractivity contribution in [1.29, 1.82) is 0 Å². The molecule has 4 nitrogen and oxygen atoms in total. The highest BCUT2D eigenvalue weighted by atomic mass is 32.1. The third kappa shape index (κ3) is 2.21. The van der Waals surface area contributed by atoms with Gasteiger partial charge in [-0.15, -0.1) is 11.3 Å². The number of thiazole rings is 1. The average Bonchev–Trinajstić information content (AvgIpc) is 2.95. The van der Waals surface area contributed by atoms with Gasteiger partial charge in [0.05, 0.1) is 11.6 Å². The number of carboxylic acid groups (broad SMARTS) is 1. The number of hydrogen-bond donors (Lipinski definition) is 1. The third-order valence-corrected chi connectivity index (χ3v) is 4.27. The number of para-hydroxylation sites is 1. The normalized spacial score (nSPS) is 17.5. The van der Waals surface area contributed by atoms with Crippen LogP contribution in [0, 0.1) is 6.92 Å². The third-order valence-electron chi connectivity index (χ3n) is 3.37. The summed E-state index contributed by atoms with van der Waals surface area (Å²) in [6.45, 7) is 2.57. The fourth-order valence-corrected chi connectivity index (χ4v) is 3.31. The number of benzene rings is 1. The zero-order valence-corrected chi connectivity index (χ0v) is 11.4. The zero-order chi connectivity index (χ0) is 13.4. The minimum atomic E-state index is -0.766. The van der Waals surface area contributed by atoms with Crippen molar-refractivity contribution in [3.63, 3.8) is 0 Å². The van der Waals surface area contributed by atoms with Gasteiger partial charge in [-0.2, -0.15) is 0 Å². The molecule has 1 aliphatic rings. The molecule has 5 heteroatoms. The molecule has 19 heavy (non-hydrogen) atoms. The van der Waals surface area contributed by atoms with Crippen molar-refractivity contribution in [2.24, 2.45) is 0 Å². The van der Waals surface area contributed by atoms with Gasteiger partial charge >= 0.3 is 5.97 Å². The fraction of sp³-hybridized carbons (Fsp3) is 0.286. The molecular weight excluding hydrogens is 260 g/mol. The van der Waals surface area contributed by atoms with Crippen LogP contribution in [0.5, 0.6) is 0 Å². The molecule has 0 radical (unpaired) electrons. The number of aromatic nitrogens is 1. The minimum absolute atomic E-state index is 0.472. The zero-order valence-electron chi connectivity index (χ0n) is 10.5. The van der Waals surface area contributed by atoms with E-state index in [1.807, 2.05) is 42.3 Å². The van der Waals surface area contributed by atoms with Crippen molar-refractivity contribution in [2.75, 3.05) is 4.90 Å². The van der Waals surface area contributed by atoms with E-state index in [-0.39, 0.29) is 0 Å². The van der Waals surface area contributed by atoms with Crippen LogP contribution in [0.25, 0.3) is 0 Å². The van der Waals surface area contributed by atoms with Gasteiger partial charge in [0.2, 0.25) is 0 Å². The molecule has 0 aliphatic carbocycles. The SMILES string of the molecule is Cc1ncc(CN2c3ccccc3CC2C(=O)O)s1. The Kier molecular flexibility index (Phi) is 2.98. The second-order valence-electron chi connectivity index (χ2n) is 4.66. The molecule has 0 amide bonds. The summed E-state index contributed by atoms with van der Waals surface area (Å²) in [5, 5.41) is 10.4. The van der Waals surface area contributed by atoms with Gasteiger partial charge in [-0.3, -0.25) is 0 Å². The maximum absolute atomic E-state index is 11.4. The number of anilines is 1. The number of nitrogens with zero attached hydrogens (tertiary/aromatic N) is 2. The molecule has 2 aromatic rings. The second-order valence-corrected chi connectivity index (χ2v) is 5.98. The predicted molar refractivity (Wildman–Crippen MR) is 74.6 cm³/mol. The monoisotopic (exact) mass is 274 g/mol. The molecule has 98 valence electrons. The summed E-state index contributed by atoms with van der Waals surface area (Å²) in [5.41, 5.74) is 2.14. The molecule has 0 saturated carbocycles. The van der Waals surface area contributed by atoms with E-state index in [0.717, 1.165) is 21.1 Å². The van der Waals surface area contributed by atoms with Crippen LogP contribution in [0.4, 0.5) is 5.69 Å². The average molecular weight is 274 g/mol. The molecular formula is C14H14N2O2S. The van der Waals surface area contributed by atoms with Crippen molar-refractivity contribution in [1.82, 2.24) is 4.98 Å². The van der Waals surface area contributed by atoms with Crippen molar-refractivity contribution in [3.05, 3.63) is 45.9 Å². The van der Waals surface area contributed by atoms with Gasteiger partial charge in [0.25, 0.3) is 0 Å². The summed E-state index contributed by atoms with van der Waals surface area (Å²) in [5.74, 6) is -0.766. The van der Waals surface area contributed by atoms with Gasteiger partial charge in [-0.25, -0.2) is 9.78 Å².